The first kappa shape index (κ1) is 17.9. The van der Waals surface area contributed by atoms with E-state index in [2.05, 4.69) is 9.97 Å². The van der Waals surface area contributed by atoms with E-state index in [4.69, 9.17) is 56.6 Å². The molecule has 0 amide bonds. The maximum Gasteiger partial charge on any atom is 0.338 e. The van der Waals surface area contributed by atoms with Crippen LogP contribution in [0.3, 0.4) is 0 Å². The standard InChI is InChI=1S/C6H3Cl2NO2.C6H5Cl2NO/c7-3-1-4(6(10)11)5(8)9-2-3;7-5-1-4(3-10)6(8)9-2-5/h1-2H,(H,10,11);1-2,10H,3H2. The van der Waals surface area contributed by atoms with Crippen molar-refractivity contribution in [3.05, 3.63) is 56.0 Å². The van der Waals surface area contributed by atoms with Crippen molar-refractivity contribution < 1.29 is 15.0 Å². The van der Waals surface area contributed by atoms with E-state index in [1.54, 1.807) is 6.07 Å². The Labute approximate surface area is 140 Å². The third-order valence-electron chi connectivity index (χ3n) is 2.08. The van der Waals surface area contributed by atoms with Gasteiger partial charge in [-0.1, -0.05) is 46.4 Å². The van der Waals surface area contributed by atoms with Gasteiger partial charge in [-0.2, -0.15) is 0 Å². The molecule has 0 aliphatic carbocycles. The van der Waals surface area contributed by atoms with Crippen molar-refractivity contribution in [1.82, 2.24) is 9.97 Å². The second-order valence-corrected chi connectivity index (χ2v) is 5.15. The second-order valence-electron chi connectivity index (χ2n) is 3.56. The summed E-state index contributed by atoms with van der Waals surface area (Å²) in [4.78, 5) is 17.7. The average molecular weight is 370 g/mol. The molecule has 21 heavy (non-hydrogen) atoms. The molecule has 9 heteroatoms. The molecule has 5 nitrogen and oxygen atoms in total. The maximum atomic E-state index is 10.4. The highest BCUT2D eigenvalue weighted by atomic mass is 35.5. The number of pyridine rings is 2. The van der Waals surface area contributed by atoms with Crippen LogP contribution in [-0.2, 0) is 6.61 Å². The fourth-order valence-electron chi connectivity index (χ4n) is 1.15. The number of halogens is 4. The van der Waals surface area contributed by atoms with Crippen LogP contribution in [0.15, 0.2) is 24.5 Å². The zero-order valence-electron chi connectivity index (χ0n) is 10.2. The Morgan fingerprint density at radius 3 is 1.95 bits per heavy atom. The molecule has 0 atom stereocenters. The molecular weight excluding hydrogens is 362 g/mol. The Hall–Kier alpha value is -1.11. The van der Waals surface area contributed by atoms with Crippen LogP contribution in [0, 0.1) is 0 Å². The summed E-state index contributed by atoms with van der Waals surface area (Å²) in [7, 11) is 0. The van der Waals surface area contributed by atoms with Crippen LogP contribution in [0.5, 0.6) is 0 Å². The zero-order chi connectivity index (χ0) is 16.0. The van der Waals surface area contributed by atoms with E-state index >= 15 is 0 Å². The number of rotatable bonds is 2. The molecule has 0 saturated carbocycles. The highest BCUT2D eigenvalue weighted by Crippen LogP contribution is 2.17. The SMILES string of the molecule is O=C(O)c1cc(Cl)cnc1Cl.OCc1cc(Cl)cnc1Cl. The molecule has 2 aromatic rings. The lowest BCUT2D eigenvalue weighted by atomic mass is 10.3. The van der Waals surface area contributed by atoms with Gasteiger partial charge in [0.05, 0.1) is 22.2 Å². The summed E-state index contributed by atoms with van der Waals surface area (Å²) in [5.74, 6) is -1.13. The number of aromatic carboxylic acids is 1. The number of hydrogen-bond donors (Lipinski definition) is 2. The first-order valence-electron chi connectivity index (χ1n) is 5.30. The Balaban J connectivity index is 0.000000211. The molecular formula is C12H8Cl4N2O3. The topological polar surface area (TPSA) is 83.3 Å². The lowest BCUT2D eigenvalue weighted by Gasteiger charge is -1.97. The highest BCUT2D eigenvalue weighted by molar-refractivity contribution is 6.34. The molecule has 0 spiro atoms. The molecule has 0 aliphatic rings. The van der Waals surface area contributed by atoms with Gasteiger partial charge in [0, 0.05) is 18.0 Å². The number of hydrogen-bond acceptors (Lipinski definition) is 4. The summed E-state index contributed by atoms with van der Waals surface area (Å²) in [5.41, 5.74) is 0.466. The molecule has 0 radical (unpaired) electrons. The molecule has 112 valence electrons. The molecule has 0 aliphatic heterocycles. The Bertz CT molecular complexity index is 652. The second kappa shape index (κ2) is 8.36. The van der Waals surface area contributed by atoms with Crippen molar-refractivity contribution in [2.24, 2.45) is 0 Å². The van der Waals surface area contributed by atoms with Crippen LogP contribution in [0.25, 0.3) is 0 Å². The number of aliphatic hydroxyl groups is 1. The third-order valence-corrected chi connectivity index (χ3v) is 3.14. The van der Waals surface area contributed by atoms with E-state index in [1.807, 2.05) is 0 Å². The highest BCUT2D eigenvalue weighted by Gasteiger charge is 2.09. The van der Waals surface area contributed by atoms with Crippen LogP contribution < -0.4 is 0 Å². The van der Waals surface area contributed by atoms with Gasteiger partial charge in [-0.25, -0.2) is 14.8 Å². The number of carboxylic acids is 1. The van der Waals surface area contributed by atoms with E-state index in [0.29, 0.717) is 15.7 Å². The third kappa shape index (κ3) is 5.65. The number of nitrogens with zero attached hydrogens (tertiary/aromatic N) is 2. The van der Waals surface area contributed by atoms with Crippen LogP contribution in [-0.4, -0.2) is 26.2 Å². The number of aromatic nitrogens is 2. The number of aliphatic hydroxyl groups excluding tert-OH is 1. The summed E-state index contributed by atoms with van der Waals surface area (Å²) in [6.07, 6.45) is 2.72. The summed E-state index contributed by atoms with van der Waals surface area (Å²) in [6, 6.07) is 2.83. The first-order valence-corrected chi connectivity index (χ1v) is 6.81. The minimum Gasteiger partial charge on any atom is -0.478 e. The van der Waals surface area contributed by atoms with Gasteiger partial charge in [0.1, 0.15) is 10.3 Å². The fraction of sp³-hybridized carbons (Fsp3) is 0.0833. The quantitative estimate of drug-likeness (QED) is 0.782. The van der Waals surface area contributed by atoms with Crippen molar-refractivity contribution in [3.8, 4) is 0 Å². The van der Waals surface area contributed by atoms with E-state index in [0.717, 1.165) is 0 Å². The Morgan fingerprint density at radius 2 is 1.52 bits per heavy atom. The van der Waals surface area contributed by atoms with Crippen LogP contribution in [0.1, 0.15) is 15.9 Å². The minimum atomic E-state index is -1.13. The lowest BCUT2D eigenvalue weighted by Crippen LogP contribution is -1.98. The predicted molar refractivity (Wildman–Crippen MR) is 81.4 cm³/mol. The van der Waals surface area contributed by atoms with E-state index in [1.165, 1.54) is 18.5 Å². The van der Waals surface area contributed by atoms with Crippen LogP contribution in [0.4, 0.5) is 0 Å². The summed E-state index contributed by atoms with van der Waals surface area (Å²) in [5, 5.41) is 18.1. The molecule has 2 N–H and O–H groups in total. The fourth-order valence-corrected chi connectivity index (χ4v) is 1.83. The summed E-state index contributed by atoms with van der Waals surface area (Å²) in [6.45, 7) is -0.133. The van der Waals surface area contributed by atoms with Gasteiger partial charge >= 0.3 is 5.97 Å². The van der Waals surface area contributed by atoms with E-state index < -0.39 is 5.97 Å². The first-order chi connectivity index (χ1) is 9.85. The molecule has 2 heterocycles. The van der Waals surface area contributed by atoms with Gasteiger partial charge < -0.3 is 10.2 Å². The minimum absolute atomic E-state index is 0.0538. The number of carboxylic acid groups (broad SMARTS) is 1. The molecule has 2 aromatic heterocycles. The van der Waals surface area contributed by atoms with Gasteiger partial charge in [0.25, 0.3) is 0 Å². The van der Waals surface area contributed by atoms with Crippen LogP contribution in [0.2, 0.25) is 20.4 Å². The normalized spacial score (nSPS) is 9.76. The molecule has 0 bridgehead atoms. The number of carbonyl (C=O) groups is 1. The summed E-state index contributed by atoms with van der Waals surface area (Å²) < 4.78 is 0. The molecule has 0 fully saturated rings. The smallest absolute Gasteiger partial charge is 0.338 e. The largest absolute Gasteiger partial charge is 0.478 e. The van der Waals surface area contributed by atoms with Gasteiger partial charge in [-0.05, 0) is 12.1 Å². The van der Waals surface area contributed by atoms with Crippen molar-refractivity contribution in [2.75, 3.05) is 0 Å². The van der Waals surface area contributed by atoms with E-state index in [-0.39, 0.29) is 22.3 Å². The van der Waals surface area contributed by atoms with Gasteiger partial charge in [-0.3, -0.25) is 0 Å². The van der Waals surface area contributed by atoms with Crippen molar-refractivity contribution in [2.45, 2.75) is 6.61 Å². The van der Waals surface area contributed by atoms with Gasteiger partial charge in [0.2, 0.25) is 0 Å². The van der Waals surface area contributed by atoms with Gasteiger partial charge in [-0.15, -0.1) is 0 Å². The lowest BCUT2D eigenvalue weighted by molar-refractivity contribution is 0.0696. The Kier molecular flexibility index (Phi) is 7.14. The molecule has 2 rings (SSSR count). The van der Waals surface area contributed by atoms with Crippen molar-refractivity contribution in [1.29, 1.82) is 0 Å². The van der Waals surface area contributed by atoms with Crippen LogP contribution >= 0.6 is 46.4 Å². The van der Waals surface area contributed by atoms with Crippen molar-refractivity contribution >= 4 is 52.4 Å². The molecule has 0 saturated heterocycles. The molecule has 0 aromatic carbocycles. The zero-order valence-corrected chi connectivity index (χ0v) is 13.2. The Morgan fingerprint density at radius 1 is 1.00 bits per heavy atom. The maximum absolute atomic E-state index is 10.4. The predicted octanol–water partition coefficient (Wildman–Crippen LogP) is 3.97. The van der Waals surface area contributed by atoms with Gasteiger partial charge in [0.15, 0.2) is 0 Å². The van der Waals surface area contributed by atoms with E-state index in [9.17, 15) is 4.79 Å². The molecule has 0 unspecified atom stereocenters. The monoisotopic (exact) mass is 368 g/mol. The summed E-state index contributed by atoms with van der Waals surface area (Å²) >= 11 is 22.0. The average Bonchev–Trinajstić information content (AvgIpc) is 2.44. The van der Waals surface area contributed by atoms with Crippen molar-refractivity contribution in [3.63, 3.8) is 0 Å².